The van der Waals surface area contributed by atoms with E-state index in [1.165, 1.54) is 6.20 Å². The maximum atomic E-state index is 13.3. The average Bonchev–Trinajstić information content (AvgIpc) is 3.13. The van der Waals surface area contributed by atoms with Crippen LogP contribution in [0, 0.1) is 5.41 Å². The van der Waals surface area contributed by atoms with Crippen LogP contribution in [0.3, 0.4) is 0 Å². The van der Waals surface area contributed by atoms with E-state index in [9.17, 15) is 22.8 Å². The number of nitrogens with zero attached hydrogens (tertiary/aromatic N) is 2. The van der Waals surface area contributed by atoms with Gasteiger partial charge in [-0.05, 0) is 6.07 Å². The van der Waals surface area contributed by atoms with Crippen LogP contribution in [0.15, 0.2) is 24.7 Å². The van der Waals surface area contributed by atoms with Crippen molar-refractivity contribution in [1.29, 1.82) is 0 Å². The normalized spacial score (nSPS) is 25.1. The number of anilines is 1. The quantitative estimate of drug-likeness (QED) is 0.518. The molecule has 4 heterocycles. The van der Waals surface area contributed by atoms with Gasteiger partial charge in [-0.25, -0.2) is 9.20 Å². The molecular formula is C17H19F3N5O2+. The van der Waals surface area contributed by atoms with Gasteiger partial charge in [0.2, 0.25) is 5.82 Å². The van der Waals surface area contributed by atoms with Gasteiger partial charge >= 0.3 is 12.2 Å². The Morgan fingerprint density at radius 3 is 2.56 bits per heavy atom. The van der Waals surface area contributed by atoms with Crippen LogP contribution in [0.1, 0.15) is 25.8 Å². The van der Waals surface area contributed by atoms with Gasteiger partial charge in [-0.2, -0.15) is 13.2 Å². The van der Waals surface area contributed by atoms with Crippen molar-refractivity contribution < 1.29 is 27.2 Å². The molecule has 27 heavy (non-hydrogen) atoms. The molecular weight excluding hydrogens is 363 g/mol. The van der Waals surface area contributed by atoms with Crippen LogP contribution in [0.5, 0.6) is 0 Å². The van der Waals surface area contributed by atoms with E-state index in [1.54, 1.807) is 10.7 Å². The summed E-state index contributed by atoms with van der Waals surface area (Å²) in [5.74, 6) is -0.00521. The van der Waals surface area contributed by atoms with Crippen molar-refractivity contribution in [3.05, 3.63) is 30.2 Å². The minimum atomic E-state index is -4.47. The summed E-state index contributed by atoms with van der Waals surface area (Å²) in [6.45, 7) is 4.29. The minimum absolute atomic E-state index is 0.292. The number of fused-ring (bicyclic) bond motifs is 1. The molecule has 1 spiro atoms. The fourth-order valence-electron chi connectivity index (χ4n) is 4.14. The van der Waals surface area contributed by atoms with E-state index in [-0.39, 0.29) is 5.91 Å². The maximum Gasteiger partial charge on any atom is 0.416 e. The molecule has 1 atom stereocenters. The SMILES string of the molecule is CC1(C)CN(c2cc(C(F)(F)F)cc3c[nH]c[n+]23)CC[C@]12NC(=O)NC2=O. The smallest absolute Gasteiger partial charge is 0.322 e. The molecule has 0 bridgehead atoms. The highest BCUT2D eigenvalue weighted by atomic mass is 19.4. The molecule has 0 aliphatic carbocycles. The Bertz CT molecular complexity index is 952. The topological polar surface area (TPSA) is 81.3 Å². The molecule has 0 radical (unpaired) electrons. The highest BCUT2D eigenvalue weighted by Crippen LogP contribution is 2.42. The largest absolute Gasteiger partial charge is 0.416 e. The van der Waals surface area contributed by atoms with Crippen molar-refractivity contribution in [1.82, 2.24) is 15.6 Å². The van der Waals surface area contributed by atoms with Crippen molar-refractivity contribution in [2.45, 2.75) is 32.0 Å². The Morgan fingerprint density at radius 1 is 1.22 bits per heavy atom. The molecule has 2 aliphatic heterocycles. The van der Waals surface area contributed by atoms with Crippen LogP contribution >= 0.6 is 0 Å². The van der Waals surface area contributed by atoms with Gasteiger partial charge < -0.3 is 5.32 Å². The van der Waals surface area contributed by atoms with Crippen molar-refractivity contribution in [3.63, 3.8) is 0 Å². The zero-order valence-electron chi connectivity index (χ0n) is 14.8. The van der Waals surface area contributed by atoms with E-state index >= 15 is 0 Å². The predicted molar refractivity (Wildman–Crippen MR) is 89.0 cm³/mol. The molecule has 144 valence electrons. The summed E-state index contributed by atoms with van der Waals surface area (Å²) in [6.07, 6.45) is -1.08. The fraction of sp³-hybridized carbons (Fsp3) is 0.471. The first-order chi connectivity index (χ1) is 12.5. The standard InChI is InChI=1S/C17H18F3N5O2/c1-15(2)8-24(4-3-16(15)13(26)22-14(27)23-16)12-6-10(17(18,19)20)5-11-7-21-9-25(11)12/h5-7,9H,3-4,8H2,1-2H3,(H2,22,23,26,27)/p+1/t16-/m1/s1. The Morgan fingerprint density at radius 2 is 1.96 bits per heavy atom. The van der Waals surface area contributed by atoms with Gasteiger partial charge in [0.05, 0.1) is 24.8 Å². The summed E-state index contributed by atoms with van der Waals surface area (Å²) in [4.78, 5) is 28.7. The molecule has 0 unspecified atom stereocenters. The number of rotatable bonds is 1. The first-order valence-corrected chi connectivity index (χ1v) is 8.51. The molecule has 2 saturated heterocycles. The van der Waals surface area contributed by atoms with E-state index in [0.717, 1.165) is 12.1 Å². The fourth-order valence-corrected chi connectivity index (χ4v) is 4.14. The third-order valence-electron chi connectivity index (χ3n) is 5.64. The number of aromatic amines is 1. The molecule has 2 fully saturated rings. The monoisotopic (exact) mass is 382 g/mol. The van der Waals surface area contributed by atoms with E-state index < -0.39 is 28.7 Å². The number of H-pyrrole nitrogens is 1. The van der Waals surface area contributed by atoms with Crippen LogP contribution in [-0.4, -0.2) is 35.6 Å². The van der Waals surface area contributed by atoms with Crippen LogP contribution in [-0.2, 0) is 11.0 Å². The number of halogens is 3. The first-order valence-electron chi connectivity index (χ1n) is 8.51. The summed E-state index contributed by atoms with van der Waals surface area (Å²) >= 11 is 0. The van der Waals surface area contributed by atoms with Crippen LogP contribution in [0.2, 0.25) is 0 Å². The molecule has 0 aromatic carbocycles. The van der Waals surface area contributed by atoms with E-state index in [4.69, 9.17) is 0 Å². The lowest BCUT2D eigenvalue weighted by Crippen LogP contribution is -2.66. The number of carbonyl (C=O) groups is 2. The lowest BCUT2D eigenvalue weighted by Gasteiger charge is -2.47. The van der Waals surface area contributed by atoms with E-state index in [2.05, 4.69) is 15.6 Å². The number of urea groups is 1. The summed E-state index contributed by atoms with van der Waals surface area (Å²) in [5.41, 5.74) is -2.10. The number of hydrogen-bond donors (Lipinski definition) is 3. The van der Waals surface area contributed by atoms with Crippen molar-refractivity contribution in [2.75, 3.05) is 18.0 Å². The van der Waals surface area contributed by atoms with Crippen molar-refractivity contribution in [3.8, 4) is 0 Å². The second-order valence-corrected chi connectivity index (χ2v) is 7.70. The number of piperidine rings is 1. The van der Waals surface area contributed by atoms with Gasteiger partial charge in [0.1, 0.15) is 11.1 Å². The Kier molecular flexibility index (Phi) is 3.50. The van der Waals surface area contributed by atoms with Crippen molar-refractivity contribution >= 4 is 23.3 Å². The number of aromatic nitrogens is 2. The summed E-state index contributed by atoms with van der Waals surface area (Å²) < 4.78 is 41.6. The second-order valence-electron chi connectivity index (χ2n) is 7.70. The van der Waals surface area contributed by atoms with Crippen molar-refractivity contribution in [2.24, 2.45) is 5.41 Å². The molecule has 3 amide bonds. The Labute approximate surface area is 152 Å². The highest BCUT2D eigenvalue weighted by Gasteiger charge is 2.60. The predicted octanol–water partition coefficient (Wildman–Crippen LogP) is 1.59. The molecule has 4 rings (SSSR count). The molecule has 0 saturated carbocycles. The molecule has 2 aromatic heterocycles. The number of pyridine rings is 1. The van der Waals surface area contributed by atoms with Gasteiger partial charge in [0.15, 0.2) is 6.33 Å². The number of hydrogen-bond acceptors (Lipinski definition) is 3. The zero-order chi connectivity index (χ0) is 19.6. The van der Waals surface area contributed by atoms with Gasteiger partial charge in [-0.1, -0.05) is 13.8 Å². The highest BCUT2D eigenvalue weighted by molar-refractivity contribution is 6.07. The maximum absolute atomic E-state index is 13.3. The summed E-state index contributed by atoms with van der Waals surface area (Å²) in [7, 11) is 0. The van der Waals surface area contributed by atoms with Gasteiger partial charge in [-0.15, -0.1) is 0 Å². The number of amides is 3. The lowest BCUT2D eigenvalue weighted by atomic mass is 9.67. The summed E-state index contributed by atoms with van der Waals surface area (Å²) in [5, 5.41) is 5.01. The van der Waals surface area contributed by atoms with Gasteiger partial charge in [0.25, 0.3) is 5.91 Å². The first kappa shape index (κ1) is 17.6. The number of carbonyl (C=O) groups excluding carboxylic acids is 2. The Hall–Kier alpha value is -2.78. The minimum Gasteiger partial charge on any atom is -0.322 e. The summed E-state index contributed by atoms with van der Waals surface area (Å²) in [6, 6.07) is 1.66. The second kappa shape index (κ2) is 5.37. The Balaban J connectivity index is 1.75. The third kappa shape index (κ3) is 2.54. The molecule has 10 heteroatoms. The zero-order valence-corrected chi connectivity index (χ0v) is 14.8. The number of imide groups is 1. The number of imidazole rings is 1. The molecule has 2 aliphatic rings. The van der Waals surface area contributed by atoms with Crippen LogP contribution in [0.4, 0.5) is 23.8 Å². The average molecular weight is 382 g/mol. The number of alkyl halides is 3. The number of nitrogens with one attached hydrogen (secondary N) is 3. The van der Waals surface area contributed by atoms with Crippen LogP contribution < -0.4 is 19.9 Å². The molecule has 3 N–H and O–H groups in total. The van der Waals surface area contributed by atoms with Gasteiger partial charge in [-0.3, -0.25) is 20.0 Å². The van der Waals surface area contributed by atoms with Gasteiger partial charge in [0, 0.05) is 17.9 Å². The molecule has 2 aromatic rings. The lowest BCUT2D eigenvalue weighted by molar-refractivity contribution is -0.498. The molecule has 7 nitrogen and oxygen atoms in total. The van der Waals surface area contributed by atoms with E-state index in [1.807, 2.05) is 18.7 Å². The van der Waals surface area contributed by atoms with E-state index in [0.29, 0.717) is 30.8 Å². The van der Waals surface area contributed by atoms with Crippen LogP contribution in [0.25, 0.3) is 5.52 Å². The third-order valence-corrected chi connectivity index (χ3v) is 5.64.